The van der Waals surface area contributed by atoms with E-state index in [1.54, 1.807) is 11.8 Å². The van der Waals surface area contributed by atoms with Gasteiger partial charge in [0.1, 0.15) is 0 Å². The Morgan fingerprint density at radius 1 is 1.17 bits per heavy atom. The van der Waals surface area contributed by atoms with Crippen LogP contribution in [-0.2, 0) is 32.0 Å². The van der Waals surface area contributed by atoms with E-state index in [1.807, 2.05) is 18.2 Å². The van der Waals surface area contributed by atoms with E-state index >= 15 is 0 Å². The third kappa shape index (κ3) is 5.34. The molecule has 0 bridgehead atoms. The number of carbonyl (C=O) groups excluding carboxylic acids is 2. The number of fused-ring (bicyclic) bond motifs is 1. The van der Waals surface area contributed by atoms with Crippen LogP contribution in [0.25, 0.3) is 0 Å². The molecular formula is C19H27NO4. The summed E-state index contributed by atoms with van der Waals surface area (Å²) in [5.74, 6) is -0.117. The first kappa shape index (κ1) is 18.5. The van der Waals surface area contributed by atoms with E-state index in [1.165, 1.54) is 5.56 Å². The number of amides is 1. The maximum Gasteiger partial charge on any atom is 0.335 e. The largest absolute Gasteiger partial charge is 0.454 e. The molecule has 24 heavy (non-hydrogen) atoms. The van der Waals surface area contributed by atoms with Crippen molar-refractivity contribution >= 4 is 11.9 Å². The van der Waals surface area contributed by atoms with Gasteiger partial charge in [0.2, 0.25) is 0 Å². The SMILES string of the molecule is CC(C)CCOC(C)C(=O)OCC(=O)N1CCc2ccccc2C1. The standard InChI is InChI=1S/C19H27NO4/c1-14(2)9-11-23-15(3)19(22)24-13-18(21)20-10-8-16-6-4-5-7-17(16)12-20/h4-7,14-15H,8-13H2,1-3H3. The van der Waals surface area contributed by atoms with Gasteiger partial charge in [-0.1, -0.05) is 38.1 Å². The summed E-state index contributed by atoms with van der Waals surface area (Å²) in [4.78, 5) is 25.9. The van der Waals surface area contributed by atoms with Crippen LogP contribution in [0, 0.1) is 5.92 Å². The minimum Gasteiger partial charge on any atom is -0.454 e. The summed E-state index contributed by atoms with van der Waals surface area (Å²) >= 11 is 0. The summed E-state index contributed by atoms with van der Waals surface area (Å²) in [6, 6.07) is 8.11. The zero-order valence-electron chi connectivity index (χ0n) is 14.8. The van der Waals surface area contributed by atoms with Crippen molar-refractivity contribution in [3.8, 4) is 0 Å². The van der Waals surface area contributed by atoms with Gasteiger partial charge in [-0.25, -0.2) is 4.79 Å². The van der Waals surface area contributed by atoms with Gasteiger partial charge in [-0.2, -0.15) is 0 Å². The Morgan fingerprint density at radius 2 is 1.88 bits per heavy atom. The monoisotopic (exact) mass is 333 g/mol. The summed E-state index contributed by atoms with van der Waals surface area (Å²) in [6.07, 6.45) is 1.09. The van der Waals surface area contributed by atoms with Crippen molar-refractivity contribution in [2.75, 3.05) is 19.8 Å². The lowest BCUT2D eigenvalue weighted by atomic mass is 10.00. The van der Waals surface area contributed by atoms with Gasteiger partial charge in [0.05, 0.1) is 0 Å². The highest BCUT2D eigenvalue weighted by molar-refractivity contribution is 5.82. The molecule has 0 aromatic heterocycles. The van der Waals surface area contributed by atoms with Crippen molar-refractivity contribution < 1.29 is 19.1 Å². The van der Waals surface area contributed by atoms with Crippen LogP contribution in [0.5, 0.6) is 0 Å². The lowest BCUT2D eigenvalue weighted by molar-refractivity contribution is -0.161. The predicted molar refractivity (Wildman–Crippen MR) is 91.4 cm³/mol. The first-order valence-electron chi connectivity index (χ1n) is 8.60. The van der Waals surface area contributed by atoms with E-state index in [2.05, 4.69) is 19.9 Å². The summed E-state index contributed by atoms with van der Waals surface area (Å²) in [5.41, 5.74) is 2.44. The Hall–Kier alpha value is -1.88. The Kier molecular flexibility index (Phi) is 6.79. The summed E-state index contributed by atoms with van der Waals surface area (Å²) in [7, 11) is 0. The second-order valence-corrected chi connectivity index (χ2v) is 6.64. The van der Waals surface area contributed by atoms with E-state index in [0.29, 0.717) is 25.6 Å². The van der Waals surface area contributed by atoms with Crippen LogP contribution in [-0.4, -0.2) is 42.6 Å². The van der Waals surface area contributed by atoms with Crippen molar-refractivity contribution in [2.45, 2.75) is 46.3 Å². The molecule has 1 aliphatic heterocycles. The Labute approximate surface area is 143 Å². The van der Waals surface area contributed by atoms with Gasteiger partial charge < -0.3 is 14.4 Å². The molecule has 0 saturated heterocycles. The highest BCUT2D eigenvalue weighted by atomic mass is 16.6. The van der Waals surface area contributed by atoms with E-state index in [-0.39, 0.29) is 12.5 Å². The molecular weight excluding hydrogens is 306 g/mol. The smallest absolute Gasteiger partial charge is 0.335 e. The van der Waals surface area contributed by atoms with Gasteiger partial charge in [0, 0.05) is 19.7 Å². The molecule has 0 fully saturated rings. The normalized spacial score (nSPS) is 15.1. The van der Waals surface area contributed by atoms with Crippen LogP contribution in [0.4, 0.5) is 0 Å². The molecule has 1 unspecified atom stereocenters. The van der Waals surface area contributed by atoms with Gasteiger partial charge >= 0.3 is 5.97 Å². The van der Waals surface area contributed by atoms with E-state index in [0.717, 1.165) is 18.4 Å². The molecule has 1 heterocycles. The number of rotatable bonds is 7. The fourth-order valence-corrected chi connectivity index (χ4v) is 2.60. The summed E-state index contributed by atoms with van der Waals surface area (Å²) in [6.45, 7) is 7.39. The highest BCUT2D eigenvalue weighted by Crippen LogP contribution is 2.18. The first-order chi connectivity index (χ1) is 11.5. The van der Waals surface area contributed by atoms with Crippen molar-refractivity contribution in [2.24, 2.45) is 5.92 Å². The third-order valence-electron chi connectivity index (χ3n) is 4.22. The molecule has 0 saturated carbocycles. The van der Waals surface area contributed by atoms with Gasteiger partial charge in [0.25, 0.3) is 5.91 Å². The second kappa shape index (κ2) is 8.83. The lowest BCUT2D eigenvalue weighted by Gasteiger charge is -2.28. The second-order valence-electron chi connectivity index (χ2n) is 6.64. The topological polar surface area (TPSA) is 55.8 Å². The first-order valence-corrected chi connectivity index (χ1v) is 8.60. The fourth-order valence-electron chi connectivity index (χ4n) is 2.60. The zero-order valence-corrected chi connectivity index (χ0v) is 14.8. The van der Waals surface area contributed by atoms with Crippen LogP contribution in [0.15, 0.2) is 24.3 Å². The minimum atomic E-state index is -0.640. The molecule has 1 aromatic carbocycles. The molecule has 2 rings (SSSR count). The van der Waals surface area contributed by atoms with Gasteiger partial charge in [0.15, 0.2) is 12.7 Å². The summed E-state index contributed by atoms with van der Waals surface area (Å²) < 4.78 is 10.5. The Morgan fingerprint density at radius 3 is 2.58 bits per heavy atom. The lowest BCUT2D eigenvalue weighted by Crippen LogP contribution is -2.39. The van der Waals surface area contributed by atoms with Crippen LogP contribution in [0.2, 0.25) is 0 Å². The molecule has 5 heteroatoms. The molecule has 1 aliphatic rings. The number of esters is 1. The average Bonchev–Trinajstić information content (AvgIpc) is 2.58. The Balaban J connectivity index is 1.74. The number of nitrogens with zero attached hydrogens (tertiary/aromatic N) is 1. The number of benzene rings is 1. The molecule has 0 radical (unpaired) electrons. The molecule has 0 N–H and O–H groups in total. The van der Waals surface area contributed by atoms with Gasteiger partial charge in [-0.05, 0) is 36.8 Å². The van der Waals surface area contributed by atoms with Crippen LogP contribution in [0.1, 0.15) is 38.3 Å². The number of hydrogen-bond acceptors (Lipinski definition) is 4. The molecule has 1 atom stereocenters. The molecule has 132 valence electrons. The average molecular weight is 333 g/mol. The fraction of sp³-hybridized carbons (Fsp3) is 0.579. The predicted octanol–water partition coefficient (Wildman–Crippen LogP) is 2.57. The maximum atomic E-state index is 12.2. The van der Waals surface area contributed by atoms with Gasteiger partial charge in [-0.15, -0.1) is 0 Å². The van der Waals surface area contributed by atoms with E-state index in [9.17, 15) is 9.59 Å². The Bertz CT molecular complexity index is 570. The molecule has 0 aliphatic carbocycles. The van der Waals surface area contributed by atoms with Crippen molar-refractivity contribution in [1.82, 2.24) is 4.90 Å². The molecule has 1 aromatic rings. The van der Waals surface area contributed by atoms with Crippen molar-refractivity contribution in [1.29, 1.82) is 0 Å². The van der Waals surface area contributed by atoms with Crippen molar-refractivity contribution in [3.63, 3.8) is 0 Å². The molecule has 1 amide bonds. The number of hydrogen-bond donors (Lipinski definition) is 0. The van der Waals surface area contributed by atoms with Crippen molar-refractivity contribution in [3.05, 3.63) is 35.4 Å². The van der Waals surface area contributed by atoms with Crippen LogP contribution < -0.4 is 0 Å². The van der Waals surface area contributed by atoms with E-state index < -0.39 is 12.1 Å². The molecule has 5 nitrogen and oxygen atoms in total. The maximum absolute atomic E-state index is 12.2. The number of carbonyl (C=O) groups is 2. The quantitative estimate of drug-likeness (QED) is 0.720. The summed E-state index contributed by atoms with van der Waals surface area (Å²) in [5, 5.41) is 0. The van der Waals surface area contributed by atoms with E-state index in [4.69, 9.17) is 9.47 Å². The highest BCUT2D eigenvalue weighted by Gasteiger charge is 2.22. The van der Waals surface area contributed by atoms with Gasteiger partial charge in [-0.3, -0.25) is 4.79 Å². The zero-order chi connectivity index (χ0) is 17.5. The van der Waals surface area contributed by atoms with Crippen LogP contribution >= 0.6 is 0 Å². The third-order valence-corrected chi connectivity index (χ3v) is 4.22. The molecule has 0 spiro atoms. The minimum absolute atomic E-state index is 0.160. The number of ether oxygens (including phenoxy) is 2. The van der Waals surface area contributed by atoms with Crippen LogP contribution in [0.3, 0.4) is 0 Å².